The van der Waals surface area contributed by atoms with Crippen LogP contribution in [0.15, 0.2) is 29.7 Å². The van der Waals surface area contributed by atoms with Crippen LogP contribution in [0.1, 0.15) is 19.8 Å². The Morgan fingerprint density at radius 1 is 1.23 bits per heavy atom. The van der Waals surface area contributed by atoms with E-state index < -0.39 is 23.6 Å². The van der Waals surface area contributed by atoms with Crippen LogP contribution in [0.3, 0.4) is 0 Å². The molecule has 4 N–H and O–H groups in total. The Bertz CT molecular complexity index is 770. The molecule has 2 fully saturated rings. The normalized spacial score (nSPS) is 19.7. The van der Waals surface area contributed by atoms with Gasteiger partial charge in [-0.25, -0.2) is 8.78 Å². The van der Waals surface area contributed by atoms with E-state index in [1.54, 1.807) is 14.0 Å². The molecule has 0 radical (unpaired) electrons. The standard InChI is InChI=1S/C21H30F2N4O3/c1-14(24)18(27-7-5-25-6-8-27)19(30-13-21(3-4-21)12-29-2)20(28)26-17-10-15(22)9-16(23)11-17/h9-11,14,25H,3-8,12-13,24H2,1-2H3,(H,26,28)/b19-18-. The molecule has 1 aromatic carbocycles. The van der Waals surface area contributed by atoms with E-state index in [0.29, 0.717) is 32.0 Å². The lowest BCUT2D eigenvalue weighted by atomic mass is 10.1. The minimum absolute atomic E-state index is 0.0148. The molecule has 3 rings (SSSR count). The van der Waals surface area contributed by atoms with Gasteiger partial charge in [-0.2, -0.15) is 0 Å². The summed E-state index contributed by atoms with van der Waals surface area (Å²) in [4.78, 5) is 15.2. The first-order valence-corrected chi connectivity index (χ1v) is 10.2. The van der Waals surface area contributed by atoms with Crippen molar-refractivity contribution in [1.82, 2.24) is 10.2 Å². The number of nitrogens with one attached hydrogen (secondary N) is 2. The third kappa shape index (κ3) is 5.68. The minimum Gasteiger partial charge on any atom is -0.486 e. The van der Waals surface area contributed by atoms with Gasteiger partial charge in [0, 0.05) is 56.5 Å². The van der Waals surface area contributed by atoms with Gasteiger partial charge in [-0.15, -0.1) is 0 Å². The Kier molecular flexibility index (Phi) is 7.27. The molecule has 7 nitrogen and oxygen atoms in total. The highest BCUT2D eigenvalue weighted by atomic mass is 19.1. The molecule has 1 aromatic rings. The number of hydrogen-bond donors (Lipinski definition) is 3. The number of carbonyl (C=O) groups excluding carboxylic acids is 1. The van der Waals surface area contributed by atoms with Gasteiger partial charge in [0.2, 0.25) is 5.76 Å². The number of methoxy groups -OCH3 is 1. The first kappa shape index (κ1) is 22.5. The molecular weight excluding hydrogens is 394 g/mol. The van der Waals surface area contributed by atoms with Gasteiger partial charge < -0.3 is 30.7 Å². The first-order chi connectivity index (χ1) is 14.3. The van der Waals surface area contributed by atoms with Gasteiger partial charge in [-0.1, -0.05) is 0 Å². The maximum atomic E-state index is 13.6. The molecule has 9 heteroatoms. The van der Waals surface area contributed by atoms with Crippen LogP contribution in [0.2, 0.25) is 0 Å². The van der Waals surface area contributed by atoms with Crippen LogP contribution >= 0.6 is 0 Å². The Morgan fingerprint density at radius 3 is 2.40 bits per heavy atom. The monoisotopic (exact) mass is 424 g/mol. The zero-order valence-corrected chi connectivity index (χ0v) is 17.5. The van der Waals surface area contributed by atoms with Crippen molar-refractivity contribution < 1.29 is 23.0 Å². The Balaban J connectivity index is 1.89. The molecule has 1 aliphatic carbocycles. The van der Waals surface area contributed by atoms with Crippen LogP contribution in [0.25, 0.3) is 0 Å². The number of anilines is 1. The van der Waals surface area contributed by atoms with Crippen molar-refractivity contribution in [2.45, 2.75) is 25.8 Å². The minimum atomic E-state index is -0.775. The lowest BCUT2D eigenvalue weighted by molar-refractivity contribution is -0.117. The number of nitrogens with two attached hydrogens (primary N) is 1. The van der Waals surface area contributed by atoms with E-state index in [0.717, 1.165) is 44.1 Å². The second-order valence-corrected chi connectivity index (χ2v) is 8.07. The van der Waals surface area contributed by atoms with Gasteiger partial charge >= 0.3 is 0 Å². The van der Waals surface area contributed by atoms with Crippen LogP contribution in [0.4, 0.5) is 14.5 Å². The molecule has 1 heterocycles. The Hall–Kier alpha value is -2.23. The van der Waals surface area contributed by atoms with Crippen LogP contribution in [0.5, 0.6) is 0 Å². The number of piperazine rings is 1. The molecule has 30 heavy (non-hydrogen) atoms. The topological polar surface area (TPSA) is 88.8 Å². The van der Waals surface area contributed by atoms with Gasteiger partial charge in [0.05, 0.1) is 18.9 Å². The highest BCUT2D eigenvalue weighted by molar-refractivity contribution is 6.02. The van der Waals surface area contributed by atoms with Gasteiger partial charge in [0.15, 0.2) is 0 Å². The van der Waals surface area contributed by atoms with Crippen LogP contribution in [0, 0.1) is 17.0 Å². The first-order valence-electron chi connectivity index (χ1n) is 10.2. The third-order valence-electron chi connectivity index (χ3n) is 5.38. The van der Waals surface area contributed by atoms with Crippen molar-refractivity contribution in [3.8, 4) is 0 Å². The zero-order chi connectivity index (χ0) is 21.7. The van der Waals surface area contributed by atoms with E-state index in [2.05, 4.69) is 10.6 Å². The quantitative estimate of drug-likeness (QED) is 0.414. The fraction of sp³-hybridized carbons (Fsp3) is 0.571. The molecule has 0 aromatic heterocycles. The highest BCUT2D eigenvalue weighted by Crippen LogP contribution is 2.46. The largest absolute Gasteiger partial charge is 0.486 e. The van der Waals surface area contributed by atoms with Crippen LogP contribution in [-0.2, 0) is 14.3 Å². The molecule has 1 unspecified atom stereocenters. The average molecular weight is 424 g/mol. The van der Waals surface area contributed by atoms with Crippen molar-refractivity contribution in [2.75, 3.05) is 51.8 Å². The summed E-state index contributed by atoms with van der Waals surface area (Å²) in [6.07, 6.45) is 1.90. The van der Waals surface area contributed by atoms with Crippen molar-refractivity contribution in [1.29, 1.82) is 0 Å². The van der Waals surface area contributed by atoms with Gasteiger partial charge in [-0.3, -0.25) is 4.79 Å². The number of nitrogens with zero attached hydrogens (tertiary/aromatic N) is 1. The second-order valence-electron chi connectivity index (χ2n) is 8.07. The molecule has 1 atom stereocenters. The maximum Gasteiger partial charge on any atom is 0.292 e. The van der Waals surface area contributed by atoms with Gasteiger partial charge in [-0.05, 0) is 31.9 Å². The molecule has 1 saturated heterocycles. The molecular formula is C21H30F2N4O3. The van der Waals surface area contributed by atoms with E-state index in [9.17, 15) is 13.6 Å². The van der Waals surface area contributed by atoms with Crippen molar-refractivity contribution in [2.24, 2.45) is 11.1 Å². The molecule has 1 aliphatic heterocycles. The number of rotatable bonds is 9. The number of carbonyl (C=O) groups is 1. The summed E-state index contributed by atoms with van der Waals surface area (Å²) in [5.41, 5.74) is 6.72. The number of amides is 1. The fourth-order valence-corrected chi connectivity index (χ4v) is 3.65. The summed E-state index contributed by atoms with van der Waals surface area (Å²) in [5, 5.41) is 5.82. The molecule has 1 amide bonds. The summed E-state index contributed by atoms with van der Waals surface area (Å²) < 4.78 is 38.5. The van der Waals surface area contributed by atoms with E-state index in [-0.39, 0.29) is 16.9 Å². The third-order valence-corrected chi connectivity index (χ3v) is 5.38. The van der Waals surface area contributed by atoms with E-state index in [1.807, 2.05) is 4.90 Å². The molecule has 1 saturated carbocycles. The van der Waals surface area contributed by atoms with E-state index >= 15 is 0 Å². The maximum absolute atomic E-state index is 13.6. The average Bonchev–Trinajstić information content (AvgIpc) is 3.44. The van der Waals surface area contributed by atoms with Gasteiger partial charge in [0.1, 0.15) is 11.6 Å². The van der Waals surface area contributed by atoms with Crippen LogP contribution < -0.4 is 16.4 Å². The summed E-state index contributed by atoms with van der Waals surface area (Å²) in [5.74, 6) is -2.05. The predicted octanol–water partition coefficient (Wildman–Crippen LogP) is 1.81. The van der Waals surface area contributed by atoms with Crippen molar-refractivity contribution in [3.05, 3.63) is 41.3 Å². The van der Waals surface area contributed by atoms with E-state index in [1.165, 1.54) is 0 Å². The number of ether oxygens (including phenoxy) is 2. The van der Waals surface area contributed by atoms with Gasteiger partial charge in [0.25, 0.3) is 5.91 Å². The smallest absolute Gasteiger partial charge is 0.292 e. The highest BCUT2D eigenvalue weighted by Gasteiger charge is 2.44. The number of hydrogen-bond acceptors (Lipinski definition) is 6. The molecule has 0 spiro atoms. The fourth-order valence-electron chi connectivity index (χ4n) is 3.65. The lowest BCUT2D eigenvalue weighted by Crippen LogP contribution is -2.47. The summed E-state index contributed by atoms with van der Waals surface area (Å²) in [6, 6.07) is 2.40. The molecule has 0 bridgehead atoms. The molecule has 2 aliphatic rings. The number of halogens is 2. The molecule has 166 valence electrons. The lowest BCUT2D eigenvalue weighted by Gasteiger charge is -2.34. The second kappa shape index (κ2) is 9.72. The summed E-state index contributed by atoms with van der Waals surface area (Å²) in [7, 11) is 1.64. The summed E-state index contributed by atoms with van der Waals surface area (Å²) in [6.45, 7) is 5.50. The Morgan fingerprint density at radius 2 is 1.87 bits per heavy atom. The SMILES string of the molecule is COCC1(CO/C(C(=O)Nc2cc(F)cc(F)c2)=C(/C(C)N)N2CCNCC2)CC1. The van der Waals surface area contributed by atoms with Crippen molar-refractivity contribution in [3.63, 3.8) is 0 Å². The summed E-state index contributed by atoms with van der Waals surface area (Å²) >= 11 is 0. The van der Waals surface area contributed by atoms with Crippen molar-refractivity contribution >= 4 is 11.6 Å². The van der Waals surface area contributed by atoms with E-state index in [4.69, 9.17) is 15.2 Å². The number of benzene rings is 1. The zero-order valence-electron chi connectivity index (χ0n) is 17.5. The predicted molar refractivity (Wildman–Crippen MR) is 110 cm³/mol. The Labute approximate surface area is 175 Å². The van der Waals surface area contributed by atoms with Crippen LogP contribution in [-0.4, -0.2) is 63.4 Å².